The number of hydrogen-bond acceptors (Lipinski definition) is 6. The molecule has 7 heteroatoms. The second-order valence-electron chi connectivity index (χ2n) is 8.99. The molecule has 2 bridgehead atoms. The standard InChI is InChI=1S/C24H32N4O2S/c29-24-21-15-19(6-8-25-21)20-14-18(17-2-3-17)4-5-22(20)30-12-11-28(10-1-7-27-24)16-23-26-9-13-31-23/h4-5,9,13-14,17,19,21,25H,1-3,6-8,10-12,15-16H2,(H,27,29)/t19-,21-/m1/s1. The highest BCUT2D eigenvalue weighted by Gasteiger charge is 2.31. The Labute approximate surface area is 188 Å². The minimum absolute atomic E-state index is 0.120. The van der Waals surface area contributed by atoms with E-state index in [1.54, 1.807) is 11.3 Å². The molecule has 166 valence electrons. The van der Waals surface area contributed by atoms with E-state index >= 15 is 0 Å². The molecule has 0 radical (unpaired) electrons. The zero-order valence-corrected chi connectivity index (χ0v) is 18.8. The van der Waals surface area contributed by atoms with Gasteiger partial charge in [0.2, 0.25) is 5.91 Å². The second-order valence-corrected chi connectivity index (χ2v) is 9.97. The average Bonchev–Trinajstić information content (AvgIpc) is 3.52. The molecular formula is C24H32N4O2S. The van der Waals surface area contributed by atoms with Crippen molar-refractivity contribution in [2.75, 3.05) is 32.8 Å². The Kier molecular flexibility index (Phi) is 6.53. The van der Waals surface area contributed by atoms with Crippen LogP contribution in [0.25, 0.3) is 0 Å². The monoisotopic (exact) mass is 440 g/mol. The van der Waals surface area contributed by atoms with Gasteiger partial charge in [-0.3, -0.25) is 9.69 Å². The highest BCUT2D eigenvalue weighted by Crippen LogP contribution is 2.43. The van der Waals surface area contributed by atoms with E-state index < -0.39 is 0 Å². The van der Waals surface area contributed by atoms with E-state index in [1.807, 2.05) is 11.6 Å². The largest absolute Gasteiger partial charge is 0.492 e. The quantitative estimate of drug-likeness (QED) is 0.767. The van der Waals surface area contributed by atoms with Gasteiger partial charge in [0.15, 0.2) is 0 Å². The topological polar surface area (TPSA) is 66.5 Å². The van der Waals surface area contributed by atoms with Crippen LogP contribution >= 0.6 is 11.3 Å². The molecular weight excluding hydrogens is 408 g/mol. The molecule has 1 amide bonds. The Balaban J connectivity index is 1.37. The van der Waals surface area contributed by atoms with Gasteiger partial charge < -0.3 is 15.4 Å². The van der Waals surface area contributed by atoms with Crippen LogP contribution in [0, 0.1) is 0 Å². The van der Waals surface area contributed by atoms with Crippen molar-refractivity contribution in [3.05, 3.63) is 45.9 Å². The van der Waals surface area contributed by atoms with Crippen LogP contribution in [-0.2, 0) is 11.3 Å². The molecule has 31 heavy (non-hydrogen) atoms. The third kappa shape index (κ3) is 5.27. The maximum Gasteiger partial charge on any atom is 0.237 e. The summed E-state index contributed by atoms with van der Waals surface area (Å²) in [6.07, 6.45) is 7.26. The molecule has 0 spiro atoms. The van der Waals surface area contributed by atoms with Crippen molar-refractivity contribution in [1.82, 2.24) is 20.5 Å². The van der Waals surface area contributed by atoms with Crippen LogP contribution < -0.4 is 15.4 Å². The third-order valence-electron chi connectivity index (χ3n) is 6.70. The molecule has 2 atom stereocenters. The Hall–Kier alpha value is -1.96. The molecule has 3 heterocycles. The number of aromatic nitrogens is 1. The molecule has 2 fully saturated rings. The van der Waals surface area contributed by atoms with Crippen LogP contribution in [0.1, 0.15) is 60.1 Å². The lowest BCUT2D eigenvalue weighted by molar-refractivity contribution is -0.123. The Bertz CT molecular complexity index is 884. The molecule has 6 nitrogen and oxygen atoms in total. The van der Waals surface area contributed by atoms with Crippen LogP contribution in [0.4, 0.5) is 0 Å². The Morgan fingerprint density at radius 2 is 2.10 bits per heavy atom. The summed E-state index contributed by atoms with van der Waals surface area (Å²) >= 11 is 1.69. The summed E-state index contributed by atoms with van der Waals surface area (Å²) in [7, 11) is 0. The molecule has 0 unspecified atom stereocenters. The molecule has 1 aromatic carbocycles. The smallest absolute Gasteiger partial charge is 0.237 e. The SMILES string of the molecule is O=C1NCCCN(Cc2nccs2)CCOc2ccc(C3CC3)cc2[C@@H]2CCN[C@@H]1C2. The number of nitrogens with zero attached hydrogens (tertiary/aromatic N) is 2. The molecule has 2 aromatic rings. The zero-order valence-electron chi connectivity index (χ0n) is 18.0. The van der Waals surface area contributed by atoms with Crippen LogP contribution in [0.2, 0.25) is 0 Å². The number of fused-ring (bicyclic) bond motifs is 4. The molecule has 2 aliphatic heterocycles. The summed E-state index contributed by atoms with van der Waals surface area (Å²) < 4.78 is 6.38. The summed E-state index contributed by atoms with van der Waals surface area (Å²) in [6, 6.07) is 6.68. The fourth-order valence-electron chi connectivity index (χ4n) is 4.80. The molecule has 1 saturated heterocycles. The first-order valence-electron chi connectivity index (χ1n) is 11.6. The van der Waals surface area contributed by atoms with Crippen molar-refractivity contribution < 1.29 is 9.53 Å². The number of nitrogens with one attached hydrogen (secondary N) is 2. The van der Waals surface area contributed by atoms with Gasteiger partial charge in [0.25, 0.3) is 0 Å². The van der Waals surface area contributed by atoms with Gasteiger partial charge in [-0.05, 0) is 67.7 Å². The summed E-state index contributed by atoms with van der Waals surface area (Å²) in [5.74, 6) is 2.21. The number of piperidine rings is 1. The summed E-state index contributed by atoms with van der Waals surface area (Å²) in [6.45, 7) is 4.84. The van der Waals surface area contributed by atoms with Crippen LogP contribution in [0.3, 0.4) is 0 Å². The molecule has 2 N–H and O–H groups in total. The van der Waals surface area contributed by atoms with Gasteiger partial charge in [0, 0.05) is 31.2 Å². The van der Waals surface area contributed by atoms with E-state index in [0.29, 0.717) is 25.0 Å². The predicted molar refractivity (Wildman–Crippen MR) is 123 cm³/mol. The van der Waals surface area contributed by atoms with Crippen molar-refractivity contribution in [2.45, 2.75) is 56.5 Å². The summed E-state index contributed by atoms with van der Waals surface area (Å²) in [4.78, 5) is 19.6. The van der Waals surface area contributed by atoms with Crippen molar-refractivity contribution in [1.29, 1.82) is 0 Å². The summed E-state index contributed by atoms with van der Waals surface area (Å²) in [5, 5.41) is 9.74. The zero-order chi connectivity index (χ0) is 21.0. The van der Waals surface area contributed by atoms with Gasteiger partial charge in [-0.15, -0.1) is 11.3 Å². The molecule has 1 saturated carbocycles. The third-order valence-corrected chi connectivity index (χ3v) is 7.46. The van der Waals surface area contributed by atoms with E-state index in [9.17, 15) is 4.79 Å². The fraction of sp³-hybridized carbons (Fsp3) is 0.583. The number of hydrogen-bond donors (Lipinski definition) is 2. The maximum atomic E-state index is 12.8. The maximum absolute atomic E-state index is 12.8. The first kappa shape index (κ1) is 20.9. The van der Waals surface area contributed by atoms with E-state index in [2.05, 4.69) is 38.7 Å². The summed E-state index contributed by atoms with van der Waals surface area (Å²) in [5.41, 5.74) is 2.74. The second kappa shape index (κ2) is 9.67. The number of rotatable bonds is 3. The lowest BCUT2D eigenvalue weighted by atomic mass is 9.84. The first-order valence-corrected chi connectivity index (χ1v) is 12.5. The number of carbonyl (C=O) groups is 1. The molecule has 3 aliphatic rings. The van der Waals surface area contributed by atoms with Gasteiger partial charge in [-0.1, -0.05) is 12.1 Å². The normalized spacial score (nSPS) is 25.7. The van der Waals surface area contributed by atoms with Crippen molar-refractivity contribution in [3.63, 3.8) is 0 Å². The lowest BCUT2D eigenvalue weighted by Crippen LogP contribution is -2.48. The molecule has 5 rings (SSSR count). The number of ether oxygens (including phenoxy) is 1. The average molecular weight is 441 g/mol. The van der Waals surface area contributed by atoms with Gasteiger partial charge in [0.1, 0.15) is 17.4 Å². The molecule has 1 aliphatic carbocycles. The van der Waals surface area contributed by atoms with Gasteiger partial charge in [0.05, 0.1) is 12.6 Å². The highest BCUT2D eigenvalue weighted by atomic mass is 32.1. The highest BCUT2D eigenvalue weighted by molar-refractivity contribution is 7.09. The number of benzene rings is 1. The van der Waals surface area contributed by atoms with Crippen molar-refractivity contribution in [2.24, 2.45) is 0 Å². The van der Waals surface area contributed by atoms with E-state index in [4.69, 9.17) is 4.74 Å². The van der Waals surface area contributed by atoms with Crippen molar-refractivity contribution >= 4 is 17.2 Å². The Morgan fingerprint density at radius 3 is 2.94 bits per heavy atom. The minimum atomic E-state index is -0.120. The van der Waals surface area contributed by atoms with Crippen LogP contribution in [0.5, 0.6) is 5.75 Å². The predicted octanol–water partition coefficient (Wildman–Crippen LogP) is 3.26. The van der Waals surface area contributed by atoms with Crippen molar-refractivity contribution in [3.8, 4) is 5.75 Å². The number of thiazole rings is 1. The van der Waals surface area contributed by atoms with Crippen LogP contribution in [0.15, 0.2) is 29.8 Å². The van der Waals surface area contributed by atoms with Gasteiger partial charge >= 0.3 is 0 Å². The minimum Gasteiger partial charge on any atom is -0.492 e. The Morgan fingerprint density at radius 1 is 1.16 bits per heavy atom. The van der Waals surface area contributed by atoms with E-state index in [1.165, 1.54) is 24.0 Å². The van der Waals surface area contributed by atoms with E-state index in [0.717, 1.165) is 56.2 Å². The number of carbonyl (C=O) groups excluding carboxylic acids is 1. The number of amides is 1. The van der Waals surface area contributed by atoms with Gasteiger partial charge in [-0.25, -0.2) is 4.98 Å². The van der Waals surface area contributed by atoms with Crippen LogP contribution in [-0.4, -0.2) is 54.6 Å². The first-order chi connectivity index (χ1) is 15.3. The van der Waals surface area contributed by atoms with E-state index in [-0.39, 0.29) is 11.9 Å². The molecule has 1 aromatic heterocycles. The fourth-order valence-corrected chi connectivity index (χ4v) is 5.46. The van der Waals surface area contributed by atoms with Gasteiger partial charge in [-0.2, -0.15) is 0 Å². The lowest BCUT2D eigenvalue weighted by Gasteiger charge is -2.32.